The van der Waals surface area contributed by atoms with Crippen molar-refractivity contribution in [2.24, 2.45) is 0 Å². The fraction of sp³-hybridized carbons (Fsp3) is 0.632. The lowest BCUT2D eigenvalue weighted by Gasteiger charge is -2.42. The van der Waals surface area contributed by atoms with E-state index in [1.165, 1.54) is 4.90 Å². The second kappa shape index (κ2) is 8.93. The van der Waals surface area contributed by atoms with E-state index in [0.717, 1.165) is 12.1 Å². The maximum Gasteiger partial charge on any atom is 0.411 e. The van der Waals surface area contributed by atoms with Gasteiger partial charge < -0.3 is 14.6 Å². The molecule has 1 amide bonds. The van der Waals surface area contributed by atoms with Gasteiger partial charge >= 0.3 is 6.09 Å². The third kappa shape index (κ3) is 5.59. The van der Waals surface area contributed by atoms with Crippen LogP contribution in [0.5, 0.6) is 0 Å². The Bertz CT molecular complexity index is 640. The molecule has 0 unspecified atom stereocenters. The highest BCUT2D eigenvalue weighted by Crippen LogP contribution is 2.32. The third-order valence-corrected chi connectivity index (χ3v) is 4.26. The van der Waals surface area contributed by atoms with Crippen molar-refractivity contribution in [3.8, 4) is 0 Å². The molecule has 2 rings (SSSR count). The highest BCUT2D eigenvalue weighted by molar-refractivity contribution is 5.69. The van der Waals surface area contributed by atoms with E-state index in [0.29, 0.717) is 19.3 Å². The summed E-state index contributed by atoms with van der Waals surface area (Å²) >= 11 is 0. The monoisotopic (exact) mass is 389 g/mol. The predicted molar refractivity (Wildman–Crippen MR) is 92.7 cm³/mol. The van der Waals surface area contributed by atoms with Gasteiger partial charge in [0.05, 0.1) is 25.3 Å². The summed E-state index contributed by atoms with van der Waals surface area (Å²) in [6.07, 6.45) is 1.10. The molecule has 0 bridgehead atoms. The number of carbonyl (C=O) groups excluding carboxylic acids is 1. The van der Waals surface area contributed by atoms with Gasteiger partial charge in [0.2, 0.25) is 0 Å². The van der Waals surface area contributed by atoms with Crippen LogP contribution in [0.4, 0.5) is 18.0 Å². The lowest BCUT2D eigenvalue weighted by molar-refractivity contribution is -0.0644. The largest absolute Gasteiger partial charge is 0.444 e. The number of morpholine rings is 1. The van der Waals surface area contributed by atoms with Crippen LogP contribution in [0.3, 0.4) is 0 Å². The highest BCUT2D eigenvalue weighted by atomic mass is 19.2. The topological polar surface area (TPSA) is 59.0 Å². The number of ether oxygens (including phenoxy) is 2. The minimum absolute atomic E-state index is 0.0141. The predicted octanol–water partition coefficient (Wildman–Crippen LogP) is 3.94. The number of nitrogens with zero attached hydrogens (tertiary/aromatic N) is 1. The molecular formula is C19H26F3NO4. The maximum atomic E-state index is 13.7. The van der Waals surface area contributed by atoms with Crippen LogP contribution in [0.25, 0.3) is 0 Å². The van der Waals surface area contributed by atoms with Gasteiger partial charge in [0, 0.05) is 6.61 Å². The summed E-state index contributed by atoms with van der Waals surface area (Å²) in [6.45, 7) is 5.44. The van der Waals surface area contributed by atoms with Crippen LogP contribution in [0.1, 0.15) is 51.6 Å². The van der Waals surface area contributed by atoms with E-state index in [2.05, 4.69) is 0 Å². The normalized spacial score (nSPS) is 20.6. The fourth-order valence-corrected chi connectivity index (χ4v) is 3.06. The van der Waals surface area contributed by atoms with Gasteiger partial charge in [-0.15, -0.1) is 0 Å². The van der Waals surface area contributed by atoms with E-state index in [1.807, 2.05) is 0 Å². The van der Waals surface area contributed by atoms with Crippen LogP contribution in [0.15, 0.2) is 12.1 Å². The Morgan fingerprint density at radius 3 is 2.41 bits per heavy atom. The second-order valence-corrected chi connectivity index (χ2v) is 7.61. The SMILES string of the molecule is CC(C)(C)OC(=O)N1[C@@H](CCCCO)COC[C@H]1c1cc(F)c(F)c(F)c1. The van der Waals surface area contributed by atoms with Crippen LogP contribution >= 0.6 is 0 Å². The molecule has 1 aromatic carbocycles. The molecule has 0 aliphatic carbocycles. The Hall–Kier alpha value is -1.80. The molecule has 1 aliphatic rings. The van der Waals surface area contributed by atoms with Crippen LogP contribution in [0.2, 0.25) is 0 Å². The average molecular weight is 389 g/mol. The number of halogens is 3. The van der Waals surface area contributed by atoms with Gasteiger partial charge in [-0.2, -0.15) is 0 Å². The number of amides is 1. The Morgan fingerprint density at radius 2 is 1.85 bits per heavy atom. The number of benzene rings is 1. The number of aliphatic hydroxyl groups is 1. The first kappa shape index (κ1) is 21.5. The molecule has 1 aromatic rings. The number of rotatable bonds is 5. The van der Waals surface area contributed by atoms with Crippen molar-refractivity contribution < 1.29 is 32.5 Å². The van der Waals surface area contributed by atoms with Gasteiger partial charge in [-0.25, -0.2) is 18.0 Å². The molecular weight excluding hydrogens is 363 g/mol. The summed E-state index contributed by atoms with van der Waals surface area (Å²) in [4.78, 5) is 14.2. The Kier molecular flexibility index (Phi) is 7.11. The molecule has 8 heteroatoms. The average Bonchev–Trinajstić information content (AvgIpc) is 2.57. The van der Waals surface area contributed by atoms with Gasteiger partial charge in [-0.05, 0) is 57.7 Å². The smallest absolute Gasteiger partial charge is 0.411 e. The number of hydrogen-bond donors (Lipinski definition) is 1. The highest BCUT2D eigenvalue weighted by Gasteiger charge is 2.38. The zero-order chi connectivity index (χ0) is 20.2. The molecule has 27 heavy (non-hydrogen) atoms. The molecule has 1 fully saturated rings. The van der Waals surface area contributed by atoms with Crippen molar-refractivity contribution >= 4 is 6.09 Å². The fourth-order valence-electron chi connectivity index (χ4n) is 3.06. The van der Waals surface area contributed by atoms with E-state index in [9.17, 15) is 18.0 Å². The standard InChI is InChI=1S/C19H26F3NO4/c1-19(2,3)27-18(25)23-13(6-4-5-7-24)10-26-11-16(23)12-8-14(20)17(22)15(21)9-12/h8-9,13,16,24H,4-7,10-11H2,1-3H3/t13-,16-/m0/s1. The van der Waals surface area contributed by atoms with Gasteiger partial charge in [0.15, 0.2) is 17.5 Å². The maximum absolute atomic E-state index is 13.7. The molecule has 152 valence electrons. The molecule has 1 saturated heterocycles. The van der Waals surface area contributed by atoms with E-state index in [-0.39, 0.29) is 31.4 Å². The lowest BCUT2D eigenvalue weighted by atomic mass is 9.99. The zero-order valence-corrected chi connectivity index (χ0v) is 15.8. The van der Waals surface area contributed by atoms with Crippen LogP contribution in [-0.4, -0.2) is 47.6 Å². The summed E-state index contributed by atoms with van der Waals surface area (Å²) in [5.74, 6) is -4.20. The quantitative estimate of drug-likeness (QED) is 0.612. The second-order valence-electron chi connectivity index (χ2n) is 7.61. The van der Waals surface area contributed by atoms with Crippen molar-refractivity contribution in [1.29, 1.82) is 0 Å². The van der Waals surface area contributed by atoms with Gasteiger partial charge in [0.1, 0.15) is 5.60 Å². The van der Waals surface area contributed by atoms with Crippen LogP contribution in [-0.2, 0) is 9.47 Å². The van der Waals surface area contributed by atoms with Crippen LogP contribution in [0, 0.1) is 17.5 Å². The van der Waals surface area contributed by atoms with E-state index in [4.69, 9.17) is 14.6 Å². The minimum Gasteiger partial charge on any atom is -0.444 e. The van der Waals surface area contributed by atoms with E-state index >= 15 is 0 Å². The lowest BCUT2D eigenvalue weighted by Crippen LogP contribution is -2.52. The molecule has 1 N–H and O–H groups in total. The van der Waals surface area contributed by atoms with Crippen molar-refractivity contribution in [3.63, 3.8) is 0 Å². The molecule has 1 aliphatic heterocycles. The van der Waals surface area contributed by atoms with Crippen molar-refractivity contribution in [2.75, 3.05) is 19.8 Å². The molecule has 2 atom stereocenters. The van der Waals surface area contributed by atoms with Crippen LogP contribution < -0.4 is 0 Å². The molecule has 1 heterocycles. The van der Waals surface area contributed by atoms with Gasteiger partial charge in [-0.1, -0.05) is 0 Å². The minimum atomic E-state index is -1.56. The molecule has 0 radical (unpaired) electrons. The Morgan fingerprint density at radius 1 is 1.22 bits per heavy atom. The summed E-state index contributed by atoms with van der Waals surface area (Å²) in [6, 6.07) is 0.554. The first-order valence-corrected chi connectivity index (χ1v) is 8.98. The summed E-state index contributed by atoms with van der Waals surface area (Å²) in [7, 11) is 0. The number of aliphatic hydroxyl groups excluding tert-OH is 1. The van der Waals surface area contributed by atoms with E-state index < -0.39 is 35.2 Å². The Balaban J connectivity index is 2.35. The summed E-state index contributed by atoms with van der Waals surface area (Å²) in [5, 5.41) is 8.99. The first-order chi connectivity index (χ1) is 12.6. The van der Waals surface area contributed by atoms with Gasteiger partial charge in [0.25, 0.3) is 0 Å². The number of unbranched alkanes of at least 4 members (excludes halogenated alkanes) is 1. The molecule has 0 saturated carbocycles. The molecule has 5 nitrogen and oxygen atoms in total. The Labute approximate surface area is 157 Å². The zero-order valence-electron chi connectivity index (χ0n) is 15.8. The summed E-state index contributed by atoms with van der Waals surface area (Å²) in [5.41, 5.74) is -0.654. The first-order valence-electron chi connectivity index (χ1n) is 8.98. The third-order valence-electron chi connectivity index (χ3n) is 4.26. The van der Waals surface area contributed by atoms with E-state index in [1.54, 1.807) is 20.8 Å². The van der Waals surface area contributed by atoms with Crippen molar-refractivity contribution in [1.82, 2.24) is 4.90 Å². The molecule has 0 spiro atoms. The number of carbonyl (C=O) groups is 1. The van der Waals surface area contributed by atoms with Crippen molar-refractivity contribution in [3.05, 3.63) is 35.1 Å². The number of hydrogen-bond acceptors (Lipinski definition) is 4. The van der Waals surface area contributed by atoms with Crippen molar-refractivity contribution in [2.45, 2.75) is 57.7 Å². The van der Waals surface area contributed by atoms with Gasteiger partial charge in [-0.3, -0.25) is 4.90 Å². The summed E-state index contributed by atoms with van der Waals surface area (Å²) < 4.78 is 51.8. The molecule has 0 aromatic heterocycles.